The van der Waals surface area contributed by atoms with Crippen molar-refractivity contribution in [3.05, 3.63) is 122 Å². The molecule has 5 nitrogen and oxygen atoms in total. The number of rotatable bonds is 9. The highest BCUT2D eigenvalue weighted by Crippen LogP contribution is 2.48. The summed E-state index contributed by atoms with van der Waals surface area (Å²) in [6.45, 7) is 24.8. The molecule has 0 saturated carbocycles. The van der Waals surface area contributed by atoms with Crippen LogP contribution in [0.2, 0.25) is 10.0 Å². The largest absolute Gasteiger partial charge is 0.506 e. The van der Waals surface area contributed by atoms with E-state index in [1.807, 2.05) is 96.1 Å². The average molecular weight is 733 g/mol. The molecular weight excluding hydrogens is 677 g/mol. The van der Waals surface area contributed by atoms with Gasteiger partial charge in [-0.3, -0.25) is 4.99 Å². The molecule has 0 heterocycles. The summed E-state index contributed by atoms with van der Waals surface area (Å²) in [7, 11) is 0. The third-order valence-corrected chi connectivity index (χ3v) is 9.06. The van der Waals surface area contributed by atoms with Crippen LogP contribution >= 0.6 is 23.2 Å². The van der Waals surface area contributed by atoms with Crippen LogP contribution in [0.3, 0.4) is 0 Å². The first-order chi connectivity index (χ1) is 23.4. The van der Waals surface area contributed by atoms with E-state index in [0.717, 1.165) is 16.7 Å². The van der Waals surface area contributed by atoms with Gasteiger partial charge in [-0.2, -0.15) is 0 Å². The number of benzene rings is 4. The number of phenolic OH excluding ortho intramolecular Hbond substituents is 1. The molecule has 0 spiro atoms. The lowest BCUT2D eigenvalue weighted by atomic mass is 9.73. The van der Waals surface area contributed by atoms with Gasteiger partial charge in [0.1, 0.15) is 34.1 Å². The normalized spacial score (nSPS) is 13.8. The van der Waals surface area contributed by atoms with Crippen LogP contribution in [0.4, 0.5) is 0 Å². The summed E-state index contributed by atoms with van der Waals surface area (Å²) < 4.78 is 13.4. The first-order valence-corrected chi connectivity index (χ1v) is 18.3. The number of halogens is 2. The van der Waals surface area contributed by atoms with E-state index in [2.05, 4.69) is 53.7 Å². The predicted octanol–water partition coefficient (Wildman–Crippen LogP) is 11.6. The maximum absolute atomic E-state index is 14.1. The topological polar surface area (TPSA) is 71.3 Å². The molecule has 0 aromatic heterocycles. The second-order valence-corrected chi connectivity index (χ2v) is 18.3. The maximum Gasteiger partial charge on any atom is 0.144 e. The second kappa shape index (κ2) is 14.8. The Balaban J connectivity index is 2.22. The first kappa shape index (κ1) is 40.3. The molecule has 0 saturated heterocycles. The van der Waals surface area contributed by atoms with Crippen LogP contribution in [0.5, 0.6) is 17.2 Å². The van der Waals surface area contributed by atoms with E-state index in [1.54, 1.807) is 12.3 Å². The van der Waals surface area contributed by atoms with Crippen LogP contribution < -0.4 is 9.47 Å². The van der Waals surface area contributed by atoms with Crippen LogP contribution in [0, 0.1) is 0 Å². The predicted molar refractivity (Wildman–Crippen MR) is 214 cm³/mol. The van der Waals surface area contributed by atoms with Crippen LogP contribution in [-0.4, -0.2) is 33.7 Å². The summed E-state index contributed by atoms with van der Waals surface area (Å²) in [5.41, 5.74) is 0.921. The van der Waals surface area contributed by atoms with Crippen molar-refractivity contribution < 1.29 is 19.7 Å². The zero-order valence-electron chi connectivity index (χ0n) is 32.3. The second-order valence-electron chi connectivity index (χ2n) is 17.4. The van der Waals surface area contributed by atoms with Gasteiger partial charge in [0.05, 0.1) is 11.1 Å². The van der Waals surface area contributed by atoms with Gasteiger partial charge in [-0.05, 0) is 112 Å². The Hall–Kier alpha value is -3.51. The maximum atomic E-state index is 14.1. The van der Waals surface area contributed by atoms with E-state index in [9.17, 15) is 10.2 Å². The van der Waals surface area contributed by atoms with Gasteiger partial charge < -0.3 is 19.7 Å². The summed E-state index contributed by atoms with van der Waals surface area (Å²) in [5, 5.41) is 25.5. The summed E-state index contributed by atoms with van der Waals surface area (Å²) in [4.78, 5) is 5.15. The van der Waals surface area contributed by atoms with Crippen LogP contribution in [0.25, 0.3) is 0 Å². The minimum atomic E-state index is -1.84. The van der Waals surface area contributed by atoms with Crippen molar-refractivity contribution in [2.45, 2.75) is 123 Å². The molecule has 0 aliphatic rings. The molecule has 4 aromatic rings. The molecule has 51 heavy (non-hydrogen) atoms. The van der Waals surface area contributed by atoms with E-state index in [1.165, 1.54) is 6.07 Å². The summed E-state index contributed by atoms with van der Waals surface area (Å²) in [6, 6.07) is 24.3. The lowest BCUT2D eigenvalue weighted by Crippen LogP contribution is -2.43. The molecule has 4 aromatic carbocycles. The van der Waals surface area contributed by atoms with Crippen molar-refractivity contribution in [2.75, 3.05) is 0 Å². The molecule has 2 N–H and O–H groups in total. The monoisotopic (exact) mass is 731 g/mol. The third-order valence-electron chi connectivity index (χ3n) is 8.55. The minimum Gasteiger partial charge on any atom is -0.506 e. The molecule has 1 atom stereocenters. The highest BCUT2D eigenvalue weighted by Gasteiger charge is 2.46. The molecule has 274 valence electrons. The van der Waals surface area contributed by atoms with Gasteiger partial charge in [-0.25, -0.2) is 0 Å². The van der Waals surface area contributed by atoms with Crippen molar-refractivity contribution in [3.63, 3.8) is 0 Å². The number of aromatic hydroxyl groups is 1. The number of phenols is 1. The van der Waals surface area contributed by atoms with Gasteiger partial charge in [0.2, 0.25) is 0 Å². The zero-order valence-corrected chi connectivity index (χ0v) is 33.8. The molecule has 1 unspecified atom stereocenters. The Kier molecular flexibility index (Phi) is 11.7. The summed E-state index contributed by atoms with van der Waals surface area (Å²) >= 11 is 12.7. The third kappa shape index (κ3) is 10.1. The zero-order chi connectivity index (χ0) is 38.2. The van der Waals surface area contributed by atoms with Crippen molar-refractivity contribution in [2.24, 2.45) is 4.99 Å². The number of hydrogen-bond donors (Lipinski definition) is 2. The van der Waals surface area contributed by atoms with Crippen LogP contribution in [-0.2, 0) is 22.9 Å². The SMILES string of the molecule is CC(C)(C)Oc1ccc(C(C)(C)C)cc1C(O)(c1cc(C(C)(C)C)ccc1OC(C)(C)C)C(Cc1ccccc1)N=Cc1cc(Cl)cc(Cl)c1O. The molecule has 4 rings (SSSR count). The number of aliphatic hydroxyl groups is 1. The van der Waals surface area contributed by atoms with E-state index in [0.29, 0.717) is 39.6 Å². The highest BCUT2D eigenvalue weighted by atomic mass is 35.5. The average Bonchev–Trinajstić information content (AvgIpc) is 2.99. The fraction of sp³-hybridized carbons (Fsp3) is 0.432. The number of ether oxygens (including phenoxy) is 2. The fourth-order valence-corrected chi connectivity index (χ4v) is 6.44. The van der Waals surface area contributed by atoms with Gasteiger partial charge in [-0.1, -0.05) is 107 Å². The quantitative estimate of drug-likeness (QED) is 0.168. The minimum absolute atomic E-state index is 0.108. The van der Waals surface area contributed by atoms with E-state index in [4.69, 9.17) is 37.7 Å². The molecule has 0 amide bonds. The summed E-state index contributed by atoms with van der Waals surface area (Å²) in [5.74, 6) is 0.912. The van der Waals surface area contributed by atoms with Crippen molar-refractivity contribution in [3.8, 4) is 17.2 Å². The van der Waals surface area contributed by atoms with Gasteiger partial charge in [0, 0.05) is 27.9 Å². The first-order valence-electron chi connectivity index (χ1n) is 17.5. The Morgan fingerprint density at radius 2 is 1.14 bits per heavy atom. The number of aliphatic imine (C=N–C) groups is 1. The Labute approximate surface area is 315 Å². The van der Waals surface area contributed by atoms with E-state index in [-0.39, 0.29) is 21.6 Å². The smallest absolute Gasteiger partial charge is 0.144 e. The molecule has 0 aliphatic heterocycles. The molecule has 0 fully saturated rings. The Morgan fingerprint density at radius 1 is 0.667 bits per heavy atom. The fourth-order valence-electron chi connectivity index (χ4n) is 5.93. The molecular formula is C44H55Cl2NO4. The van der Waals surface area contributed by atoms with Gasteiger partial charge in [-0.15, -0.1) is 0 Å². The molecule has 7 heteroatoms. The van der Waals surface area contributed by atoms with E-state index < -0.39 is 22.8 Å². The Bertz CT molecular complexity index is 1780. The van der Waals surface area contributed by atoms with Crippen molar-refractivity contribution in [1.82, 2.24) is 0 Å². The molecule has 0 bridgehead atoms. The van der Waals surface area contributed by atoms with Crippen molar-refractivity contribution >= 4 is 29.4 Å². The lowest BCUT2D eigenvalue weighted by Gasteiger charge is -2.40. The molecule has 0 aliphatic carbocycles. The van der Waals surface area contributed by atoms with Gasteiger partial charge >= 0.3 is 0 Å². The van der Waals surface area contributed by atoms with Crippen LogP contribution in [0.15, 0.2) is 83.9 Å². The van der Waals surface area contributed by atoms with Gasteiger partial charge in [0.15, 0.2) is 0 Å². The van der Waals surface area contributed by atoms with E-state index >= 15 is 0 Å². The standard InChI is InChI=1S/C44H55Cl2NO4/c1-40(2,3)30-18-20-36(50-42(7,8)9)33(24-30)44(49,34-25-31(41(4,5)6)19-21-37(34)51-43(10,11)12)38(22-28-16-14-13-15-17-28)47-27-29-23-32(45)26-35(46)39(29)48/h13-21,23-27,38,48-49H,22H2,1-12H3. The van der Waals surface area contributed by atoms with Gasteiger partial charge in [0.25, 0.3) is 0 Å². The Morgan fingerprint density at radius 3 is 1.57 bits per heavy atom. The highest BCUT2D eigenvalue weighted by molar-refractivity contribution is 6.36. The molecule has 0 radical (unpaired) electrons. The number of hydrogen-bond acceptors (Lipinski definition) is 5. The summed E-state index contributed by atoms with van der Waals surface area (Å²) in [6.07, 6.45) is 1.87. The number of nitrogens with zero attached hydrogens (tertiary/aromatic N) is 1. The van der Waals surface area contributed by atoms with Crippen molar-refractivity contribution in [1.29, 1.82) is 0 Å². The lowest BCUT2D eigenvalue weighted by molar-refractivity contribution is 0.0364. The van der Waals surface area contributed by atoms with Crippen LogP contribution in [0.1, 0.15) is 116 Å².